The minimum absolute atomic E-state index is 0.183. The summed E-state index contributed by atoms with van der Waals surface area (Å²) in [6, 6.07) is 67.3. The lowest BCUT2D eigenvalue weighted by Gasteiger charge is -2.63. The van der Waals surface area contributed by atoms with Crippen LogP contribution < -0.4 is 0 Å². The monoisotopic (exact) mass is 850 g/mol. The normalized spacial score (nSPS) is 23.2. The Morgan fingerprint density at radius 1 is 0.444 bits per heavy atom. The third kappa shape index (κ3) is 5.63. The van der Waals surface area contributed by atoms with Gasteiger partial charge in [-0.25, -0.2) is 8.42 Å². The van der Waals surface area contributed by atoms with Gasteiger partial charge in [-0.2, -0.15) is 0 Å². The number of hydrogen-bond donors (Lipinski definition) is 0. The van der Waals surface area contributed by atoms with Crippen LogP contribution in [0.15, 0.2) is 198 Å². The van der Waals surface area contributed by atoms with Crippen molar-refractivity contribution in [2.45, 2.75) is 53.2 Å². The van der Waals surface area contributed by atoms with Gasteiger partial charge in [-0.15, -0.1) is 11.3 Å². The summed E-state index contributed by atoms with van der Waals surface area (Å²) in [5, 5.41) is 2.60. The van der Waals surface area contributed by atoms with Crippen LogP contribution in [0.5, 0.6) is 0 Å². The van der Waals surface area contributed by atoms with Crippen molar-refractivity contribution < 1.29 is 8.42 Å². The zero-order valence-electron chi connectivity index (χ0n) is 35.0. The van der Waals surface area contributed by atoms with Crippen molar-refractivity contribution in [1.82, 2.24) is 0 Å². The fourth-order valence-electron chi connectivity index (χ4n) is 13.3. The van der Waals surface area contributed by atoms with E-state index >= 15 is 8.42 Å². The van der Waals surface area contributed by atoms with Gasteiger partial charge < -0.3 is 0 Å². The van der Waals surface area contributed by atoms with Crippen LogP contribution in [-0.2, 0) is 15.3 Å². The predicted octanol–water partition coefficient (Wildman–Crippen LogP) is 15.1. The van der Waals surface area contributed by atoms with E-state index in [0.29, 0.717) is 21.6 Å². The second-order valence-electron chi connectivity index (χ2n) is 18.8. The summed E-state index contributed by atoms with van der Waals surface area (Å²) in [6.07, 6.45) is 6.16. The molecule has 4 bridgehead atoms. The first-order valence-corrected chi connectivity index (χ1v) is 25.0. The highest BCUT2D eigenvalue weighted by Gasteiger charge is 2.62. The summed E-state index contributed by atoms with van der Waals surface area (Å²) in [7, 11) is -3.77. The summed E-state index contributed by atoms with van der Waals surface area (Å²) >= 11 is 1.85. The third-order valence-electron chi connectivity index (χ3n) is 15.6. The van der Waals surface area contributed by atoms with Crippen LogP contribution in [0.3, 0.4) is 0 Å². The molecule has 14 rings (SSSR count). The Labute approximate surface area is 373 Å². The van der Waals surface area contributed by atoms with Gasteiger partial charge in [-0.1, -0.05) is 164 Å². The summed E-state index contributed by atoms with van der Waals surface area (Å²) in [4.78, 5) is 1.05. The highest BCUT2D eigenvalue weighted by molar-refractivity contribution is 7.91. The molecule has 0 amide bonds. The van der Waals surface area contributed by atoms with E-state index in [1.807, 2.05) is 23.5 Å². The van der Waals surface area contributed by atoms with Crippen LogP contribution in [0.4, 0.5) is 0 Å². The molecule has 1 aliphatic heterocycles. The molecule has 1 atom stereocenters. The first-order valence-electron chi connectivity index (χ1n) is 22.7. The molecular formula is C59H46O2S2. The number of sulfone groups is 1. The van der Waals surface area contributed by atoms with Gasteiger partial charge in [0.15, 0.2) is 0 Å². The number of thiophene rings is 1. The van der Waals surface area contributed by atoms with E-state index in [1.54, 1.807) is 0 Å². The molecule has 4 fully saturated rings. The minimum Gasteiger partial charge on any atom is -0.218 e. The standard InChI is InChI=1S/C59H46O2S2/c60-63(61)55-20-9-7-17-51(55)59(45-32-37-31-38(34-45)35-46(59)33-37)52-30-29-44(36-56(52)63)57(42-25-21-40(22-26-42)39-11-2-1-3-12-39)43-27-23-41(24-28-43)47-13-4-5-14-48(47)49-16-10-19-54-58(49)50-15-6-8-18-53(50)62-54/h1-30,36-38,45-46,57H,31-35H2. The van der Waals surface area contributed by atoms with Gasteiger partial charge in [0.2, 0.25) is 9.84 Å². The molecule has 2 heterocycles. The smallest absolute Gasteiger partial charge is 0.207 e. The van der Waals surface area contributed by atoms with Crippen molar-refractivity contribution >= 4 is 41.3 Å². The van der Waals surface area contributed by atoms with Gasteiger partial charge in [0.25, 0.3) is 0 Å². The molecule has 2 nitrogen and oxygen atoms in total. The van der Waals surface area contributed by atoms with Crippen molar-refractivity contribution in [1.29, 1.82) is 0 Å². The second kappa shape index (κ2) is 14.2. The fraction of sp³-hybridized carbons (Fsp3) is 0.186. The van der Waals surface area contributed by atoms with Crippen molar-refractivity contribution in [2.75, 3.05) is 0 Å². The zero-order chi connectivity index (χ0) is 41.9. The highest BCUT2D eigenvalue weighted by atomic mass is 32.2. The molecule has 306 valence electrons. The van der Waals surface area contributed by atoms with Gasteiger partial charge in [-0.3, -0.25) is 0 Å². The van der Waals surface area contributed by atoms with Gasteiger partial charge in [0, 0.05) is 31.5 Å². The first-order chi connectivity index (χ1) is 30.9. The van der Waals surface area contributed by atoms with E-state index in [-0.39, 0.29) is 11.3 Å². The number of fused-ring (bicyclic) bond motifs is 5. The lowest BCUT2D eigenvalue weighted by atomic mass is 9.42. The van der Waals surface area contributed by atoms with Gasteiger partial charge in [0.1, 0.15) is 0 Å². The molecule has 8 aromatic carbocycles. The molecule has 9 aromatic rings. The highest BCUT2D eigenvalue weighted by Crippen LogP contribution is 2.68. The Hall–Kier alpha value is -6.07. The Bertz CT molecular complexity index is 3330. The van der Waals surface area contributed by atoms with Crippen molar-refractivity contribution in [3.05, 3.63) is 216 Å². The van der Waals surface area contributed by atoms with Crippen molar-refractivity contribution in [3.8, 4) is 33.4 Å². The van der Waals surface area contributed by atoms with Crippen molar-refractivity contribution in [2.24, 2.45) is 23.7 Å². The lowest BCUT2D eigenvalue weighted by molar-refractivity contribution is -0.0446. The van der Waals surface area contributed by atoms with Gasteiger partial charge >= 0.3 is 0 Å². The Morgan fingerprint density at radius 3 is 1.75 bits per heavy atom. The second-order valence-corrected chi connectivity index (χ2v) is 21.8. The number of rotatable bonds is 6. The molecule has 0 radical (unpaired) electrons. The summed E-state index contributed by atoms with van der Waals surface area (Å²) < 4.78 is 32.7. The van der Waals surface area contributed by atoms with Crippen LogP contribution in [-0.4, -0.2) is 8.42 Å². The number of benzene rings is 8. The molecule has 4 aliphatic carbocycles. The van der Waals surface area contributed by atoms with E-state index in [0.717, 1.165) is 50.8 Å². The zero-order valence-corrected chi connectivity index (χ0v) is 36.6. The van der Waals surface area contributed by atoms with E-state index in [4.69, 9.17) is 0 Å². The molecule has 63 heavy (non-hydrogen) atoms. The fourth-order valence-corrected chi connectivity index (χ4v) is 16.3. The Balaban J connectivity index is 0.957. The summed E-state index contributed by atoms with van der Waals surface area (Å²) in [5.41, 5.74) is 12.3. The van der Waals surface area contributed by atoms with Crippen LogP contribution in [0, 0.1) is 23.7 Å². The lowest BCUT2D eigenvalue weighted by Crippen LogP contribution is -2.57. The molecule has 4 saturated carbocycles. The summed E-state index contributed by atoms with van der Waals surface area (Å²) in [5.74, 6) is 2.30. The quantitative estimate of drug-likeness (QED) is 0.156. The number of hydrogen-bond acceptors (Lipinski definition) is 3. The molecule has 1 unspecified atom stereocenters. The molecule has 4 heteroatoms. The topological polar surface area (TPSA) is 34.1 Å². The van der Waals surface area contributed by atoms with E-state index in [1.165, 1.54) is 74.5 Å². The average molecular weight is 851 g/mol. The maximum atomic E-state index is 15.1. The van der Waals surface area contributed by atoms with Crippen LogP contribution in [0.2, 0.25) is 0 Å². The third-order valence-corrected chi connectivity index (χ3v) is 18.6. The molecular weight excluding hydrogens is 805 g/mol. The van der Waals surface area contributed by atoms with Gasteiger partial charge in [0.05, 0.1) is 9.79 Å². The molecule has 0 saturated heterocycles. The van der Waals surface area contributed by atoms with Crippen molar-refractivity contribution in [3.63, 3.8) is 0 Å². The van der Waals surface area contributed by atoms with Crippen LogP contribution in [0.25, 0.3) is 53.6 Å². The maximum Gasteiger partial charge on any atom is 0.207 e. The largest absolute Gasteiger partial charge is 0.218 e. The molecule has 1 spiro atoms. The maximum absolute atomic E-state index is 15.1. The minimum atomic E-state index is -3.77. The molecule has 0 N–H and O–H groups in total. The predicted molar refractivity (Wildman–Crippen MR) is 259 cm³/mol. The summed E-state index contributed by atoms with van der Waals surface area (Å²) in [6.45, 7) is 0. The molecule has 5 aliphatic rings. The van der Waals surface area contributed by atoms with E-state index in [9.17, 15) is 0 Å². The van der Waals surface area contributed by atoms with E-state index < -0.39 is 9.84 Å². The van der Waals surface area contributed by atoms with Crippen LogP contribution >= 0.6 is 11.3 Å². The Morgan fingerprint density at radius 2 is 1.00 bits per heavy atom. The Kier molecular flexibility index (Phi) is 8.46. The average Bonchev–Trinajstić information content (AvgIpc) is 3.72. The van der Waals surface area contributed by atoms with E-state index in [2.05, 4.69) is 176 Å². The van der Waals surface area contributed by atoms with Gasteiger partial charge in [-0.05, 0) is 141 Å². The van der Waals surface area contributed by atoms with Crippen LogP contribution in [0.1, 0.15) is 65.8 Å². The molecule has 1 aromatic heterocycles. The first kappa shape index (κ1) is 37.5. The SMILES string of the molecule is O=S1(=O)c2ccccc2C2(c3ccc(C(c4ccc(-c5ccccc5)cc4)c4ccc(-c5ccccc5-c5cccc6sc7ccccc7c56)cc4)cc31)C1CC3CC(C1)CC2C3.